The van der Waals surface area contributed by atoms with Gasteiger partial charge in [-0.15, -0.1) is 0 Å². The molecular formula is C22H26N4S. The normalized spacial score (nSPS) is 21.0. The molecular weight excluding hydrogens is 352 g/mol. The minimum atomic E-state index is 0.533. The maximum absolute atomic E-state index is 4.72. The van der Waals surface area contributed by atoms with Gasteiger partial charge in [-0.1, -0.05) is 18.2 Å². The average molecular weight is 379 g/mol. The van der Waals surface area contributed by atoms with Crippen molar-refractivity contribution in [3.63, 3.8) is 0 Å². The number of aromatic nitrogens is 2. The van der Waals surface area contributed by atoms with Crippen molar-refractivity contribution in [3.05, 3.63) is 70.9 Å². The van der Waals surface area contributed by atoms with Crippen molar-refractivity contribution in [2.45, 2.75) is 38.4 Å². The van der Waals surface area contributed by atoms with E-state index < -0.39 is 0 Å². The van der Waals surface area contributed by atoms with Gasteiger partial charge in [-0.2, -0.15) is 11.3 Å². The summed E-state index contributed by atoms with van der Waals surface area (Å²) in [6, 6.07) is 13.5. The van der Waals surface area contributed by atoms with E-state index in [1.165, 1.54) is 43.6 Å². The predicted octanol–water partition coefficient (Wildman–Crippen LogP) is 4.08. The lowest BCUT2D eigenvalue weighted by Crippen LogP contribution is -2.36. The predicted molar refractivity (Wildman–Crippen MR) is 110 cm³/mol. The van der Waals surface area contributed by atoms with Gasteiger partial charge in [-0.3, -0.25) is 4.90 Å². The smallest absolute Gasteiger partial charge is 0.127 e. The zero-order valence-electron chi connectivity index (χ0n) is 15.6. The molecule has 1 atom stereocenters. The van der Waals surface area contributed by atoms with E-state index in [0.29, 0.717) is 11.5 Å². The van der Waals surface area contributed by atoms with Crippen LogP contribution in [0.1, 0.15) is 30.7 Å². The Balaban J connectivity index is 1.40. The van der Waals surface area contributed by atoms with Crippen LogP contribution < -0.4 is 5.32 Å². The number of para-hydroxylation sites is 1. The molecule has 1 saturated carbocycles. The van der Waals surface area contributed by atoms with Gasteiger partial charge in [-0.05, 0) is 72.3 Å². The lowest BCUT2D eigenvalue weighted by Gasteiger charge is -2.29. The number of hydrogen-bond donors (Lipinski definition) is 1. The van der Waals surface area contributed by atoms with Gasteiger partial charge in [0.05, 0.1) is 6.54 Å². The van der Waals surface area contributed by atoms with Crippen LogP contribution in [-0.2, 0) is 13.1 Å². The van der Waals surface area contributed by atoms with Crippen LogP contribution in [0.5, 0.6) is 0 Å². The van der Waals surface area contributed by atoms with Crippen LogP contribution in [0.25, 0.3) is 5.69 Å². The first-order chi connectivity index (χ1) is 13.3. The monoisotopic (exact) mass is 378 g/mol. The fourth-order valence-electron chi connectivity index (χ4n) is 4.65. The van der Waals surface area contributed by atoms with E-state index in [0.717, 1.165) is 18.9 Å². The van der Waals surface area contributed by atoms with Crippen LogP contribution in [0, 0.1) is 5.41 Å². The molecule has 27 heavy (non-hydrogen) atoms. The Morgan fingerprint density at radius 1 is 1.15 bits per heavy atom. The molecule has 1 aliphatic carbocycles. The van der Waals surface area contributed by atoms with Gasteiger partial charge in [-0.25, -0.2) is 4.98 Å². The number of imidazole rings is 1. The molecule has 5 rings (SSSR count). The van der Waals surface area contributed by atoms with Crippen molar-refractivity contribution in [1.29, 1.82) is 0 Å². The molecule has 0 radical (unpaired) electrons. The van der Waals surface area contributed by atoms with Crippen LogP contribution >= 0.6 is 11.3 Å². The minimum absolute atomic E-state index is 0.533. The number of piperidine rings is 1. The Morgan fingerprint density at radius 3 is 2.78 bits per heavy atom. The maximum atomic E-state index is 4.72. The van der Waals surface area contributed by atoms with E-state index in [2.05, 4.69) is 68.1 Å². The highest BCUT2D eigenvalue weighted by atomic mass is 32.1. The number of nitrogens with one attached hydrogen (secondary N) is 1. The van der Waals surface area contributed by atoms with Crippen LogP contribution in [0.3, 0.4) is 0 Å². The van der Waals surface area contributed by atoms with E-state index >= 15 is 0 Å². The Labute approximate surface area is 164 Å². The van der Waals surface area contributed by atoms with Gasteiger partial charge in [0.15, 0.2) is 0 Å². The summed E-state index contributed by atoms with van der Waals surface area (Å²) in [5.74, 6) is 1.13. The van der Waals surface area contributed by atoms with Crippen LogP contribution in [0.15, 0.2) is 59.6 Å². The summed E-state index contributed by atoms with van der Waals surface area (Å²) >= 11 is 1.79. The molecule has 0 bridgehead atoms. The summed E-state index contributed by atoms with van der Waals surface area (Å²) in [4.78, 5) is 7.39. The van der Waals surface area contributed by atoms with Crippen LogP contribution in [-0.4, -0.2) is 33.6 Å². The molecule has 0 amide bonds. The first kappa shape index (κ1) is 17.2. The summed E-state index contributed by atoms with van der Waals surface area (Å²) in [5, 5.41) is 8.00. The fraction of sp³-hybridized carbons (Fsp3) is 0.409. The first-order valence-electron chi connectivity index (χ1n) is 9.88. The standard InChI is InChI=1S/C22H26N4S/c1-2-4-19(5-3-1)26-12-11-24-21(26)16-25(15-18-6-13-27-17-18)20-14-22(20)7-9-23-10-8-22/h1-6,11-13,17,20,23H,7-10,14-16H2. The van der Waals surface area contributed by atoms with Gasteiger partial charge in [0.2, 0.25) is 0 Å². The second kappa shape index (κ2) is 7.23. The molecule has 4 nitrogen and oxygen atoms in total. The van der Waals surface area contributed by atoms with Crippen molar-refractivity contribution in [1.82, 2.24) is 19.8 Å². The van der Waals surface area contributed by atoms with Crippen molar-refractivity contribution < 1.29 is 0 Å². The largest absolute Gasteiger partial charge is 0.317 e. The molecule has 2 fully saturated rings. The molecule has 5 heteroatoms. The molecule has 1 unspecified atom stereocenters. The number of rotatable bonds is 6. The highest BCUT2D eigenvalue weighted by Crippen LogP contribution is 2.56. The van der Waals surface area contributed by atoms with Gasteiger partial charge in [0.1, 0.15) is 5.82 Å². The molecule has 1 N–H and O–H groups in total. The minimum Gasteiger partial charge on any atom is -0.317 e. The van der Waals surface area contributed by atoms with E-state index in [1.54, 1.807) is 11.3 Å². The fourth-order valence-corrected chi connectivity index (χ4v) is 5.31. The Hall–Kier alpha value is -1.95. The Kier molecular flexibility index (Phi) is 4.60. The Morgan fingerprint density at radius 2 is 2.00 bits per heavy atom. The molecule has 2 aliphatic rings. The summed E-state index contributed by atoms with van der Waals surface area (Å²) < 4.78 is 2.23. The van der Waals surface area contributed by atoms with Gasteiger partial charge >= 0.3 is 0 Å². The third kappa shape index (κ3) is 3.47. The zero-order chi connectivity index (χ0) is 18.1. The van der Waals surface area contributed by atoms with Crippen molar-refractivity contribution >= 4 is 11.3 Å². The molecule has 1 saturated heterocycles. The summed E-state index contributed by atoms with van der Waals surface area (Å²) in [5.41, 5.74) is 3.15. The lowest BCUT2D eigenvalue weighted by atomic mass is 9.93. The van der Waals surface area contributed by atoms with Gasteiger partial charge in [0, 0.05) is 30.7 Å². The van der Waals surface area contributed by atoms with Crippen LogP contribution in [0.2, 0.25) is 0 Å². The molecule has 140 valence electrons. The SMILES string of the molecule is c1ccc(-n2ccnc2CN(Cc2ccsc2)C2CC23CCNCC3)cc1. The molecule has 2 aromatic heterocycles. The number of hydrogen-bond acceptors (Lipinski definition) is 4. The zero-order valence-corrected chi connectivity index (χ0v) is 16.4. The van der Waals surface area contributed by atoms with E-state index in [9.17, 15) is 0 Å². The Bertz CT molecular complexity index is 865. The second-order valence-electron chi connectivity index (χ2n) is 7.92. The second-order valence-corrected chi connectivity index (χ2v) is 8.70. The van der Waals surface area contributed by atoms with Gasteiger partial charge in [0.25, 0.3) is 0 Å². The van der Waals surface area contributed by atoms with E-state index in [-0.39, 0.29) is 0 Å². The quantitative estimate of drug-likeness (QED) is 0.702. The third-order valence-electron chi connectivity index (χ3n) is 6.25. The highest BCUT2D eigenvalue weighted by Gasteiger charge is 2.56. The topological polar surface area (TPSA) is 33.1 Å². The van der Waals surface area contributed by atoms with Crippen molar-refractivity contribution in [2.75, 3.05) is 13.1 Å². The first-order valence-corrected chi connectivity index (χ1v) is 10.8. The number of benzene rings is 1. The number of thiophene rings is 1. The summed E-state index contributed by atoms with van der Waals surface area (Å²) in [7, 11) is 0. The van der Waals surface area contributed by atoms with Gasteiger partial charge < -0.3 is 9.88 Å². The van der Waals surface area contributed by atoms with Crippen LogP contribution in [0.4, 0.5) is 0 Å². The molecule has 1 aliphatic heterocycles. The summed E-state index contributed by atoms with van der Waals surface area (Å²) in [6.45, 7) is 4.26. The molecule has 1 spiro atoms. The van der Waals surface area contributed by atoms with E-state index in [1.807, 2.05) is 6.20 Å². The molecule has 1 aromatic carbocycles. The number of nitrogens with zero attached hydrogens (tertiary/aromatic N) is 3. The average Bonchev–Trinajstić information content (AvgIpc) is 3.10. The highest BCUT2D eigenvalue weighted by molar-refractivity contribution is 7.07. The summed E-state index contributed by atoms with van der Waals surface area (Å²) in [6.07, 6.45) is 7.97. The van der Waals surface area contributed by atoms with Crippen molar-refractivity contribution in [2.24, 2.45) is 5.41 Å². The molecule has 3 aromatic rings. The maximum Gasteiger partial charge on any atom is 0.127 e. The molecule has 3 heterocycles. The lowest BCUT2D eigenvalue weighted by molar-refractivity contribution is 0.183. The van der Waals surface area contributed by atoms with Crippen molar-refractivity contribution in [3.8, 4) is 5.69 Å². The third-order valence-corrected chi connectivity index (χ3v) is 6.98. The van der Waals surface area contributed by atoms with E-state index in [4.69, 9.17) is 4.98 Å².